The number of Topliss-reactive ketones (excluding diaryl/α,β-unsaturated/α-hetero) is 1. The second kappa shape index (κ2) is 5.04. The smallest absolute Gasteiger partial charge is 0.307 e. The van der Waals surface area contributed by atoms with E-state index in [0.29, 0.717) is 5.57 Å². The van der Waals surface area contributed by atoms with Crippen LogP contribution in [0.3, 0.4) is 0 Å². The molecule has 2 rings (SSSR count). The van der Waals surface area contributed by atoms with Crippen molar-refractivity contribution in [3.63, 3.8) is 0 Å². The summed E-state index contributed by atoms with van der Waals surface area (Å²) in [7, 11) is 0. The van der Waals surface area contributed by atoms with Gasteiger partial charge in [-0.15, -0.1) is 0 Å². The second-order valence-corrected chi connectivity index (χ2v) is 4.34. The number of carbonyl (C=O) groups is 3. The first-order valence-corrected chi connectivity index (χ1v) is 5.90. The van der Waals surface area contributed by atoms with Crippen LogP contribution in [0, 0.1) is 0 Å². The lowest BCUT2D eigenvalue weighted by Crippen LogP contribution is -2.33. The highest BCUT2D eigenvalue weighted by atomic mass is 35.5. The second-order valence-electron chi connectivity index (χ2n) is 3.93. The first-order valence-electron chi connectivity index (χ1n) is 5.52. The molecule has 0 bridgehead atoms. The normalized spacial score (nSPS) is 23.7. The van der Waals surface area contributed by atoms with Gasteiger partial charge in [-0.2, -0.15) is 0 Å². The fourth-order valence-corrected chi connectivity index (χ4v) is 1.99. The summed E-state index contributed by atoms with van der Waals surface area (Å²) in [5, 5.41) is -0.105. The lowest BCUT2D eigenvalue weighted by atomic mass is 9.91. The molecule has 0 aromatic heterocycles. The van der Waals surface area contributed by atoms with Crippen molar-refractivity contribution in [3.05, 3.63) is 22.3 Å². The third-order valence-electron chi connectivity index (χ3n) is 2.75. The van der Waals surface area contributed by atoms with Crippen LogP contribution in [0.25, 0.3) is 0 Å². The number of rotatable bonds is 2. The van der Waals surface area contributed by atoms with Gasteiger partial charge in [0.1, 0.15) is 0 Å². The minimum atomic E-state index is -0.807. The van der Waals surface area contributed by atoms with E-state index in [1.165, 1.54) is 0 Å². The Morgan fingerprint density at radius 2 is 2.22 bits per heavy atom. The summed E-state index contributed by atoms with van der Waals surface area (Å²) in [5.74, 6) is -1.13. The van der Waals surface area contributed by atoms with Gasteiger partial charge in [-0.25, -0.2) is 0 Å². The third kappa shape index (κ3) is 2.37. The van der Waals surface area contributed by atoms with Crippen LogP contribution in [-0.4, -0.2) is 30.4 Å². The molecule has 2 aliphatic rings. The predicted octanol–water partition coefficient (Wildman–Crippen LogP) is 1.26. The molecule has 0 fully saturated rings. The zero-order valence-corrected chi connectivity index (χ0v) is 10.5. The first-order chi connectivity index (χ1) is 8.52. The molecule has 1 aliphatic heterocycles. The van der Waals surface area contributed by atoms with Crippen molar-refractivity contribution in [3.8, 4) is 0 Å². The molecule has 1 aliphatic carbocycles. The minimum absolute atomic E-state index is 0.0639. The molecule has 0 amide bonds. The zero-order chi connectivity index (χ0) is 13.3. The number of hydrogen-bond donors (Lipinski definition) is 0. The number of ether oxygens (including phenoxy) is 2. The molecule has 0 saturated carbocycles. The van der Waals surface area contributed by atoms with Crippen LogP contribution in [0.15, 0.2) is 22.3 Å². The lowest BCUT2D eigenvalue weighted by molar-refractivity contribution is -0.178. The van der Waals surface area contributed by atoms with Gasteiger partial charge in [-0.1, -0.05) is 18.5 Å². The minimum Gasteiger partial charge on any atom is -0.435 e. The Balaban J connectivity index is 2.16. The fourth-order valence-electron chi connectivity index (χ4n) is 1.78. The van der Waals surface area contributed by atoms with Gasteiger partial charge in [0.2, 0.25) is 12.1 Å². The Morgan fingerprint density at radius 3 is 2.89 bits per heavy atom. The van der Waals surface area contributed by atoms with Crippen molar-refractivity contribution in [2.75, 3.05) is 6.61 Å². The van der Waals surface area contributed by atoms with Crippen molar-refractivity contribution in [1.29, 1.82) is 0 Å². The fraction of sp³-hybridized carbons (Fsp3) is 0.417. The molecule has 0 saturated heterocycles. The van der Waals surface area contributed by atoms with E-state index in [1.807, 2.05) is 0 Å². The molecule has 0 N–H and O–H groups in total. The van der Waals surface area contributed by atoms with Crippen LogP contribution < -0.4 is 0 Å². The molecular weight excluding hydrogens is 260 g/mol. The van der Waals surface area contributed by atoms with E-state index < -0.39 is 18.0 Å². The zero-order valence-electron chi connectivity index (χ0n) is 9.70. The van der Waals surface area contributed by atoms with Gasteiger partial charge in [0, 0.05) is 30.1 Å². The van der Waals surface area contributed by atoms with E-state index in [2.05, 4.69) is 0 Å². The maximum absolute atomic E-state index is 11.7. The van der Waals surface area contributed by atoms with Crippen molar-refractivity contribution in [1.82, 2.24) is 0 Å². The molecule has 0 aromatic rings. The summed E-state index contributed by atoms with van der Waals surface area (Å²) in [5.41, 5.74) is 0.584. The van der Waals surface area contributed by atoms with Crippen molar-refractivity contribution < 1.29 is 23.9 Å². The number of halogens is 1. The maximum Gasteiger partial charge on any atom is 0.307 e. The largest absolute Gasteiger partial charge is 0.435 e. The maximum atomic E-state index is 11.7. The van der Waals surface area contributed by atoms with Gasteiger partial charge in [-0.05, 0) is 0 Å². The van der Waals surface area contributed by atoms with Crippen molar-refractivity contribution in [2.24, 2.45) is 0 Å². The van der Waals surface area contributed by atoms with E-state index in [4.69, 9.17) is 21.1 Å². The van der Waals surface area contributed by atoms with Crippen LogP contribution in [-0.2, 0) is 23.9 Å². The quantitative estimate of drug-likeness (QED) is 0.558. The van der Waals surface area contributed by atoms with Crippen molar-refractivity contribution in [2.45, 2.75) is 26.1 Å². The van der Waals surface area contributed by atoms with Gasteiger partial charge < -0.3 is 9.47 Å². The summed E-state index contributed by atoms with van der Waals surface area (Å²) >= 11 is 5.64. The van der Waals surface area contributed by atoms with E-state index in [-0.39, 0.29) is 35.8 Å². The number of carbonyl (C=O) groups excluding carboxylic acids is 3. The highest BCUT2D eigenvalue weighted by Gasteiger charge is 2.34. The van der Waals surface area contributed by atoms with Crippen LogP contribution in [0.2, 0.25) is 0 Å². The highest BCUT2D eigenvalue weighted by molar-refractivity contribution is 6.48. The first kappa shape index (κ1) is 13.0. The van der Waals surface area contributed by atoms with Crippen LogP contribution in [0.5, 0.6) is 0 Å². The average molecular weight is 271 g/mol. The molecule has 6 heteroatoms. The molecule has 1 atom stereocenters. The van der Waals surface area contributed by atoms with Gasteiger partial charge >= 0.3 is 5.97 Å². The Kier molecular flexibility index (Phi) is 3.63. The Hall–Kier alpha value is -1.46. The van der Waals surface area contributed by atoms with E-state index in [9.17, 15) is 14.4 Å². The molecule has 0 radical (unpaired) electrons. The molecular formula is C12H11ClO5. The Morgan fingerprint density at radius 1 is 1.50 bits per heavy atom. The molecule has 0 aromatic carbocycles. The Bertz CT molecular complexity index is 489. The molecule has 5 nitrogen and oxygen atoms in total. The van der Waals surface area contributed by atoms with Gasteiger partial charge in [0.25, 0.3) is 0 Å². The summed E-state index contributed by atoms with van der Waals surface area (Å²) in [4.78, 5) is 34.5. The van der Waals surface area contributed by atoms with Crippen molar-refractivity contribution >= 4 is 29.1 Å². The molecule has 0 spiro atoms. The number of hydrogen-bond acceptors (Lipinski definition) is 5. The Labute approximate surface area is 108 Å². The molecule has 1 unspecified atom stereocenters. The predicted molar refractivity (Wildman–Crippen MR) is 61.7 cm³/mol. The number of allylic oxidation sites excluding steroid dienone is 2. The van der Waals surface area contributed by atoms with Crippen LogP contribution in [0.1, 0.15) is 19.8 Å². The standard InChI is InChI=1S/C12H11ClO5/c1-2-10(15)18-11-3-6-7(5-17-11)12(16)8(13)4-9(6)14/h4,11H,2-3,5H2,1H3. The summed E-state index contributed by atoms with van der Waals surface area (Å²) in [6.07, 6.45) is 0.599. The molecule has 1 heterocycles. The average Bonchev–Trinajstić information content (AvgIpc) is 2.36. The van der Waals surface area contributed by atoms with Gasteiger partial charge in [-0.3, -0.25) is 14.4 Å². The monoisotopic (exact) mass is 270 g/mol. The van der Waals surface area contributed by atoms with Crippen LogP contribution >= 0.6 is 11.6 Å². The molecule has 18 heavy (non-hydrogen) atoms. The van der Waals surface area contributed by atoms with Gasteiger partial charge in [0.15, 0.2) is 5.78 Å². The third-order valence-corrected chi connectivity index (χ3v) is 3.03. The number of esters is 1. The summed E-state index contributed by atoms with van der Waals surface area (Å²) < 4.78 is 10.2. The van der Waals surface area contributed by atoms with E-state index in [0.717, 1.165) is 6.08 Å². The molecule has 96 valence electrons. The van der Waals surface area contributed by atoms with E-state index in [1.54, 1.807) is 6.92 Å². The van der Waals surface area contributed by atoms with E-state index >= 15 is 0 Å². The SMILES string of the molecule is CCC(=O)OC1CC2=C(CO1)C(=O)C(Cl)=CC2=O. The highest BCUT2D eigenvalue weighted by Crippen LogP contribution is 2.29. The van der Waals surface area contributed by atoms with Crippen LogP contribution in [0.4, 0.5) is 0 Å². The summed E-state index contributed by atoms with van der Waals surface area (Å²) in [6, 6.07) is 0. The van der Waals surface area contributed by atoms with Gasteiger partial charge in [0.05, 0.1) is 11.6 Å². The summed E-state index contributed by atoms with van der Waals surface area (Å²) in [6.45, 7) is 1.60. The topological polar surface area (TPSA) is 69.7 Å². The number of ketones is 2. The lowest BCUT2D eigenvalue weighted by Gasteiger charge is -2.27.